The van der Waals surface area contributed by atoms with Crippen molar-refractivity contribution in [1.82, 2.24) is 4.57 Å². The summed E-state index contributed by atoms with van der Waals surface area (Å²) >= 11 is 0. The number of hydrogen-bond donors (Lipinski definition) is 0. The first-order chi connectivity index (χ1) is 31.4. The van der Waals surface area contributed by atoms with Crippen LogP contribution in [0.5, 0.6) is 0 Å². The average Bonchev–Trinajstić information content (AvgIpc) is 3.69. The van der Waals surface area contributed by atoms with Crippen LogP contribution in [0.2, 0.25) is 0 Å². The Morgan fingerprint density at radius 2 is 0.906 bits per heavy atom. The lowest BCUT2D eigenvalue weighted by Gasteiger charge is -2.32. The third kappa shape index (κ3) is 6.85. The molecule has 11 aromatic rings. The molecule has 64 heavy (non-hydrogen) atoms. The van der Waals surface area contributed by atoms with E-state index < -0.39 is 0 Å². The minimum absolute atomic E-state index is 0.0835. The minimum atomic E-state index is -0.0835. The van der Waals surface area contributed by atoms with Gasteiger partial charge >= 0.3 is 0 Å². The Kier molecular flexibility index (Phi) is 9.78. The van der Waals surface area contributed by atoms with Gasteiger partial charge < -0.3 is 9.47 Å². The fourth-order valence-corrected chi connectivity index (χ4v) is 9.70. The van der Waals surface area contributed by atoms with Crippen LogP contribution in [0.15, 0.2) is 237 Å². The summed E-state index contributed by atoms with van der Waals surface area (Å²) in [7, 11) is 0. The number of aromatic nitrogens is 1. The van der Waals surface area contributed by atoms with Gasteiger partial charge in [-0.25, -0.2) is 0 Å². The Labute approximate surface area is 376 Å². The molecule has 0 amide bonds. The molecule has 1 aromatic heterocycles. The first-order valence-corrected chi connectivity index (χ1v) is 22.3. The molecule has 0 spiro atoms. The molecule has 2 heteroatoms. The van der Waals surface area contributed by atoms with Crippen LogP contribution in [0.25, 0.3) is 82.8 Å². The molecule has 0 bridgehead atoms. The molecule has 0 aliphatic carbocycles. The number of benzene rings is 10. The van der Waals surface area contributed by atoms with E-state index in [4.69, 9.17) is 0 Å². The molecule has 2 nitrogen and oxygen atoms in total. The largest absolute Gasteiger partial charge is 0.309 e. The quantitative estimate of drug-likeness (QED) is 0.148. The summed E-state index contributed by atoms with van der Waals surface area (Å²) in [5.41, 5.74) is 17.5. The van der Waals surface area contributed by atoms with E-state index in [-0.39, 0.29) is 5.41 Å². The first-order valence-electron chi connectivity index (χ1n) is 22.3. The van der Waals surface area contributed by atoms with E-state index in [1.54, 1.807) is 0 Å². The van der Waals surface area contributed by atoms with E-state index >= 15 is 0 Å². The highest BCUT2D eigenvalue weighted by Crippen LogP contribution is 2.49. The fourth-order valence-electron chi connectivity index (χ4n) is 9.70. The van der Waals surface area contributed by atoms with Crippen LogP contribution in [0.3, 0.4) is 0 Å². The van der Waals surface area contributed by atoms with E-state index in [9.17, 15) is 0 Å². The van der Waals surface area contributed by atoms with Gasteiger partial charge in [0.2, 0.25) is 0 Å². The lowest BCUT2D eigenvalue weighted by Crippen LogP contribution is -2.16. The van der Waals surface area contributed by atoms with Crippen molar-refractivity contribution >= 4 is 49.6 Å². The molecule has 10 aromatic carbocycles. The first kappa shape index (κ1) is 38.9. The summed E-state index contributed by atoms with van der Waals surface area (Å²) in [6.45, 7) is 6.92. The highest BCUT2D eigenvalue weighted by atomic mass is 15.1. The van der Waals surface area contributed by atoms with Crippen molar-refractivity contribution in [3.63, 3.8) is 0 Å². The van der Waals surface area contributed by atoms with Crippen molar-refractivity contribution in [2.75, 3.05) is 4.90 Å². The predicted octanol–water partition coefficient (Wildman–Crippen LogP) is 17.4. The third-order valence-corrected chi connectivity index (χ3v) is 12.7. The van der Waals surface area contributed by atoms with Crippen molar-refractivity contribution in [3.8, 4) is 50.2 Å². The molecule has 11 rings (SSSR count). The van der Waals surface area contributed by atoms with Crippen molar-refractivity contribution in [1.29, 1.82) is 0 Å². The van der Waals surface area contributed by atoms with Crippen molar-refractivity contribution in [3.05, 3.63) is 242 Å². The molecule has 0 aliphatic rings. The number of nitrogens with zero attached hydrogens (tertiary/aromatic N) is 2. The molecule has 306 valence electrons. The smallest absolute Gasteiger partial charge is 0.0547 e. The Bertz CT molecular complexity index is 3460. The maximum Gasteiger partial charge on any atom is 0.0547 e. The van der Waals surface area contributed by atoms with Crippen LogP contribution in [0.4, 0.5) is 17.1 Å². The third-order valence-electron chi connectivity index (χ3n) is 12.7. The fraction of sp³-hybridized carbons (Fsp3) is 0.0645. The zero-order chi connectivity index (χ0) is 43.2. The number of fused-ring (bicyclic) bond motifs is 4. The Morgan fingerprint density at radius 1 is 0.359 bits per heavy atom. The molecule has 0 saturated heterocycles. The van der Waals surface area contributed by atoms with Gasteiger partial charge in [0.05, 0.1) is 22.4 Å². The maximum absolute atomic E-state index is 2.52. The van der Waals surface area contributed by atoms with E-state index in [0.717, 1.165) is 33.9 Å². The average molecular weight is 821 g/mol. The van der Waals surface area contributed by atoms with Crippen LogP contribution in [0.1, 0.15) is 26.3 Å². The van der Waals surface area contributed by atoms with E-state index in [1.807, 2.05) is 0 Å². The number of para-hydroxylation sites is 3. The number of rotatable bonds is 8. The van der Waals surface area contributed by atoms with Crippen LogP contribution >= 0.6 is 0 Å². The molecule has 0 aliphatic heterocycles. The second-order valence-corrected chi connectivity index (χ2v) is 17.7. The molecule has 1 heterocycles. The van der Waals surface area contributed by atoms with Crippen LogP contribution in [0, 0.1) is 0 Å². The van der Waals surface area contributed by atoms with E-state index in [1.165, 1.54) is 71.5 Å². The minimum Gasteiger partial charge on any atom is -0.309 e. The lowest BCUT2D eigenvalue weighted by atomic mass is 9.85. The van der Waals surface area contributed by atoms with Crippen molar-refractivity contribution in [2.45, 2.75) is 26.2 Å². The molecule has 0 unspecified atom stereocenters. The van der Waals surface area contributed by atoms with Gasteiger partial charge in [0.1, 0.15) is 0 Å². The number of anilines is 3. The van der Waals surface area contributed by atoms with Gasteiger partial charge in [0, 0.05) is 33.3 Å². The van der Waals surface area contributed by atoms with Gasteiger partial charge in [-0.15, -0.1) is 0 Å². The van der Waals surface area contributed by atoms with Gasteiger partial charge in [-0.2, -0.15) is 0 Å². The van der Waals surface area contributed by atoms with Crippen molar-refractivity contribution < 1.29 is 0 Å². The van der Waals surface area contributed by atoms with Gasteiger partial charge in [-0.1, -0.05) is 209 Å². The van der Waals surface area contributed by atoms with Crippen molar-refractivity contribution in [2.24, 2.45) is 0 Å². The predicted molar refractivity (Wildman–Crippen MR) is 273 cm³/mol. The second kappa shape index (κ2) is 16.1. The second-order valence-electron chi connectivity index (χ2n) is 17.7. The Balaban J connectivity index is 1.20. The van der Waals surface area contributed by atoms with Gasteiger partial charge in [-0.05, 0) is 104 Å². The monoisotopic (exact) mass is 820 g/mol. The standard InChI is InChI=1S/C62H48N2/c1-62(2,3)47-39-40-50(43-21-7-4-8-22-43)59(42-47)64(56-36-15-13-31-53(56)54-35-19-26-45-25-18-33-51(60(45)54)44-23-9-5-10-24-44)49-30-17-27-46(41-49)52-34-20-38-58-61(52)55-32-14-16-37-57(55)63(58)48-28-11-6-12-29-48/h4-42H,1-3H3. The molecule has 0 saturated carbocycles. The molecular weight excluding hydrogens is 773 g/mol. The summed E-state index contributed by atoms with van der Waals surface area (Å²) in [5.74, 6) is 0. The SMILES string of the molecule is CC(C)(C)c1ccc(-c2ccccc2)c(N(c2cccc(-c3cccc4c3c3ccccc3n4-c3ccccc3)c2)c2ccccc2-c2cccc3cccc(-c4ccccc4)c23)c1. The topological polar surface area (TPSA) is 8.17 Å². The van der Waals surface area contributed by atoms with Crippen LogP contribution in [-0.4, -0.2) is 4.57 Å². The summed E-state index contributed by atoms with van der Waals surface area (Å²) in [5, 5.41) is 4.93. The molecule has 0 atom stereocenters. The summed E-state index contributed by atoms with van der Waals surface area (Å²) in [4.78, 5) is 2.52. The summed E-state index contributed by atoms with van der Waals surface area (Å²) in [6, 6.07) is 86.6. The number of hydrogen-bond acceptors (Lipinski definition) is 1. The normalized spacial score (nSPS) is 11.7. The Morgan fingerprint density at radius 3 is 1.64 bits per heavy atom. The highest BCUT2D eigenvalue weighted by molar-refractivity contribution is 6.16. The molecule has 0 N–H and O–H groups in total. The van der Waals surface area contributed by atoms with Crippen LogP contribution < -0.4 is 4.90 Å². The Hall–Kier alpha value is -7.94. The van der Waals surface area contributed by atoms with Gasteiger partial charge in [0.25, 0.3) is 0 Å². The van der Waals surface area contributed by atoms with Gasteiger partial charge in [0.15, 0.2) is 0 Å². The zero-order valence-electron chi connectivity index (χ0n) is 36.4. The van der Waals surface area contributed by atoms with Crippen LogP contribution in [-0.2, 0) is 5.41 Å². The molecular formula is C62H48N2. The summed E-state index contributed by atoms with van der Waals surface area (Å²) in [6.07, 6.45) is 0. The molecule has 0 radical (unpaired) electrons. The lowest BCUT2D eigenvalue weighted by molar-refractivity contribution is 0.590. The summed E-state index contributed by atoms with van der Waals surface area (Å²) < 4.78 is 2.40. The molecule has 0 fully saturated rings. The van der Waals surface area contributed by atoms with E-state index in [0.29, 0.717) is 0 Å². The maximum atomic E-state index is 2.52. The van der Waals surface area contributed by atoms with E-state index in [2.05, 4.69) is 267 Å². The zero-order valence-corrected chi connectivity index (χ0v) is 36.4. The highest BCUT2D eigenvalue weighted by Gasteiger charge is 2.25. The van der Waals surface area contributed by atoms with Gasteiger partial charge in [-0.3, -0.25) is 0 Å².